The summed E-state index contributed by atoms with van der Waals surface area (Å²) in [5.74, 6) is 0. The van der Waals surface area contributed by atoms with Gasteiger partial charge in [0.25, 0.3) is 0 Å². The van der Waals surface area contributed by atoms with Gasteiger partial charge in [-0.25, -0.2) is 0 Å². The van der Waals surface area contributed by atoms with E-state index < -0.39 is 0 Å². The largest absolute Gasteiger partial charge is 0.381 e. The van der Waals surface area contributed by atoms with E-state index in [0.717, 1.165) is 12.1 Å². The summed E-state index contributed by atoms with van der Waals surface area (Å²) >= 11 is 0. The van der Waals surface area contributed by atoms with E-state index in [1.54, 1.807) is 0 Å². The lowest BCUT2D eigenvalue weighted by Crippen LogP contribution is -2.48. The fraction of sp³-hybridized carbons (Fsp3) is 1.00. The van der Waals surface area contributed by atoms with E-state index in [1.165, 1.54) is 38.5 Å². The molecule has 0 amide bonds. The van der Waals surface area contributed by atoms with Gasteiger partial charge in [-0.2, -0.15) is 0 Å². The Morgan fingerprint density at radius 3 is 2.33 bits per heavy atom. The maximum absolute atomic E-state index is 5.24. The first-order valence-electron chi connectivity index (χ1n) is 5.17. The topological polar surface area (TPSA) is 21.3 Å². The van der Waals surface area contributed by atoms with Gasteiger partial charge in [0.2, 0.25) is 0 Å². The van der Waals surface area contributed by atoms with E-state index >= 15 is 0 Å². The highest BCUT2D eigenvalue weighted by molar-refractivity contribution is 4.89. The third-order valence-electron chi connectivity index (χ3n) is 3.25. The minimum Gasteiger partial charge on any atom is -0.381 e. The molecule has 0 aromatic heterocycles. The lowest BCUT2D eigenvalue weighted by Gasteiger charge is -2.36. The van der Waals surface area contributed by atoms with Gasteiger partial charge in [0, 0.05) is 19.2 Å². The molecule has 0 atom stereocenters. The van der Waals surface area contributed by atoms with E-state index in [1.807, 2.05) is 7.11 Å². The highest BCUT2D eigenvalue weighted by atomic mass is 16.5. The van der Waals surface area contributed by atoms with Crippen LogP contribution in [0.4, 0.5) is 0 Å². The molecule has 2 heteroatoms. The minimum atomic E-state index is 0.545. The molecule has 2 aliphatic carbocycles. The van der Waals surface area contributed by atoms with Gasteiger partial charge in [-0.3, -0.25) is 0 Å². The second-order valence-corrected chi connectivity index (χ2v) is 4.17. The fourth-order valence-corrected chi connectivity index (χ4v) is 2.32. The molecule has 0 aromatic carbocycles. The van der Waals surface area contributed by atoms with Crippen LogP contribution in [0.2, 0.25) is 0 Å². The maximum atomic E-state index is 5.24. The second-order valence-electron chi connectivity index (χ2n) is 4.17. The van der Waals surface area contributed by atoms with Crippen LogP contribution in [0.1, 0.15) is 38.5 Å². The smallest absolute Gasteiger partial charge is 0.0601 e. The first kappa shape index (κ1) is 8.52. The van der Waals surface area contributed by atoms with Crippen molar-refractivity contribution in [2.24, 2.45) is 0 Å². The van der Waals surface area contributed by atoms with Gasteiger partial charge in [0.05, 0.1) is 6.10 Å². The average molecular weight is 169 g/mol. The van der Waals surface area contributed by atoms with E-state index in [9.17, 15) is 0 Å². The molecule has 0 spiro atoms. The van der Waals surface area contributed by atoms with Crippen LogP contribution in [0.5, 0.6) is 0 Å². The molecule has 0 saturated heterocycles. The van der Waals surface area contributed by atoms with Crippen LogP contribution in [0.15, 0.2) is 0 Å². The summed E-state index contributed by atoms with van der Waals surface area (Å²) in [7, 11) is 1.82. The Hall–Kier alpha value is -0.0800. The van der Waals surface area contributed by atoms with Gasteiger partial charge in [-0.05, 0) is 25.7 Å². The standard InChI is InChI=1S/C10H19NO/c1-12-10-6-9(7-10)11-8-4-2-3-5-8/h8-11H,2-7H2,1H3. The second kappa shape index (κ2) is 3.75. The van der Waals surface area contributed by atoms with Gasteiger partial charge in [0.1, 0.15) is 0 Å². The van der Waals surface area contributed by atoms with E-state index in [2.05, 4.69) is 5.32 Å². The predicted octanol–water partition coefficient (Wildman–Crippen LogP) is 1.70. The van der Waals surface area contributed by atoms with Crippen molar-refractivity contribution >= 4 is 0 Å². The van der Waals surface area contributed by atoms with Crippen LogP contribution < -0.4 is 5.32 Å². The molecule has 2 nitrogen and oxygen atoms in total. The number of methoxy groups -OCH3 is 1. The van der Waals surface area contributed by atoms with Crippen LogP contribution in [-0.4, -0.2) is 25.3 Å². The minimum absolute atomic E-state index is 0.545. The summed E-state index contributed by atoms with van der Waals surface area (Å²) in [6, 6.07) is 1.59. The summed E-state index contributed by atoms with van der Waals surface area (Å²) in [4.78, 5) is 0. The molecule has 2 fully saturated rings. The summed E-state index contributed by atoms with van der Waals surface area (Å²) < 4.78 is 5.24. The molecular weight excluding hydrogens is 150 g/mol. The maximum Gasteiger partial charge on any atom is 0.0601 e. The monoisotopic (exact) mass is 169 g/mol. The predicted molar refractivity (Wildman–Crippen MR) is 49.2 cm³/mol. The Balaban J connectivity index is 1.62. The molecule has 0 heterocycles. The van der Waals surface area contributed by atoms with Crippen LogP contribution in [0.25, 0.3) is 0 Å². The van der Waals surface area contributed by atoms with Crippen LogP contribution in [0, 0.1) is 0 Å². The van der Waals surface area contributed by atoms with Crippen LogP contribution in [0.3, 0.4) is 0 Å². The Kier molecular flexibility index (Phi) is 2.66. The first-order chi connectivity index (χ1) is 5.88. The van der Waals surface area contributed by atoms with Gasteiger partial charge in [0.15, 0.2) is 0 Å². The van der Waals surface area contributed by atoms with Gasteiger partial charge in [-0.15, -0.1) is 0 Å². The van der Waals surface area contributed by atoms with Crippen molar-refractivity contribution in [2.75, 3.05) is 7.11 Å². The summed E-state index contributed by atoms with van der Waals surface area (Å²) in [5, 5.41) is 3.70. The van der Waals surface area contributed by atoms with E-state index in [4.69, 9.17) is 4.74 Å². The Morgan fingerprint density at radius 2 is 1.75 bits per heavy atom. The average Bonchev–Trinajstić information content (AvgIpc) is 2.47. The molecule has 1 N–H and O–H groups in total. The zero-order valence-corrected chi connectivity index (χ0v) is 7.88. The Bertz CT molecular complexity index is 137. The summed E-state index contributed by atoms with van der Waals surface area (Å²) in [6.45, 7) is 0. The van der Waals surface area contributed by atoms with Gasteiger partial charge < -0.3 is 10.1 Å². The lowest BCUT2D eigenvalue weighted by atomic mass is 9.88. The molecular formula is C10H19NO. The third-order valence-corrected chi connectivity index (χ3v) is 3.25. The molecule has 2 aliphatic rings. The number of hydrogen-bond acceptors (Lipinski definition) is 2. The molecule has 0 aromatic rings. The quantitative estimate of drug-likeness (QED) is 0.694. The summed E-state index contributed by atoms with van der Waals surface area (Å²) in [5.41, 5.74) is 0. The highest BCUT2D eigenvalue weighted by Crippen LogP contribution is 2.26. The Morgan fingerprint density at radius 1 is 1.08 bits per heavy atom. The molecule has 2 rings (SSSR count). The molecule has 2 saturated carbocycles. The van der Waals surface area contributed by atoms with Crippen LogP contribution in [-0.2, 0) is 4.74 Å². The highest BCUT2D eigenvalue weighted by Gasteiger charge is 2.30. The lowest BCUT2D eigenvalue weighted by molar-refractivity contribution is 0.0144. The molecule has 0 unspecified atom stereocenters. The molecule has 12 heavy (non-hydrogen) atoms. The SMILES string of the molecule is COC1CC(NC2CCCC2)C1. The summed E-state index contributed by atoms with van der Waals surface area (Å²) in [6.07, 6.45) is 8.65. The van der Waals surface area contributed by atoms with Crippen molar-refractivity contribution in [3.05, 3.63) is 0 Å². The van der Waals surface area contributed by atoms with Crippen molar-refractivity contribution in [3.63, 3.8) is 0 Å². The van der Waals surface area contributed by atoms with Crippen molar-refractivity contribution < 1.29 is 4.74 Å². The fourth-order valence-electron chi connectivity index (χ4n) is 2.32. The zero-order chi connectivity index (χ0) is 8.39. The van der Waals surface area contributed by atoms with E-state index in [0.29, 0.717) is 6.10 Å². The third kappa shape index (κ3) is 1.80. The zero-order valence-electron chi connectivity index (χ0n) is 7.88. The molecule has 0 bridgehead atoms. The normalized spacial score (nSPS) is 36.8. The van der Waals surface area contributed by atoms with E-state index in [-0.39, 0.29) is 0 Å². The molecule has 0 radical (unpaired) electrons. The first-order valence-corrected chi connectivity index (χ1v) is 5.17. The van der Waals surface area contributed by atoms with Crippen molar-refractivity contribution in [2.45, 2.75) is 56.7 Å². The molecule has 70 valence electrons. The number of hydrogen-bond donors (Lipinski definition) is 1. The molecule has 0 aliphatic heterocycles. The number of rotatable bonds is 3. The van der Waals surface area contributed by atoms with Crippen molar-refractivity contribution in [1.29, 1.82) is 0 Å². The van der Waals surface area contributed by atoms with Gasteiger partial charge in [-0.1, -0.05) is 12.8 Å². The Labute approximate surface area is 74.7 Å². The van der Waals surface area contributed by atoms with Crippen LogP contribution >= 0.6 is 0 Å². The number of nitrogens with one attached hydrogen (secondary N) is 1. The number of ether oxygens (including phenoxy) is 1. The van der Waals surface area contributed by atoms with Crippen molar-refractivity contribution in [3.8, 4) is 0 Å². The van der Waals surface area contributed by atoms with Crippen molar-refractivity contribution in [1.82, 2.24) is 5.32 Å². The van der Waals surface area contributed by atoms with Gasteiger partial charge >= 0.3 is 0 Å².